The van der Waals surface area contributed by atoms with Crippen LogP contribution in [0.25, 0.3) is 0 Å². The lowest BCUT2D eigenvalue weighted by molar-refractivity contribution is -0.894. The third-order valence-corrected chi connectivity index (χ3v) is 3.76. The number of carbonyl (C=O) groups excluding carboxylic acids is 1. The van der Waals surface area contributed by atoms with Gasteiger partial charge in [0.15, 0.2) is 6.04 Å². The van der Waals surface area contributed by atoms with Gasteiger partial charge in [-0.25, -0.2) is 0 Å². The van der Waals surface area contributed by atoms with Gasteiger partial charge in [0.05, 0.1) is 19.3 Å². The molecule has 2 atom stereocenters. The zero-order valence-corrected chi connectivity index (χ0v) is 13.0. The molecule has 0 bridgehead atoms. The van der Waals surface area contributed by atoms with Crippen LogP contribution in [-0.4, -0.2) is 42.0 Å². The topological polar surface area (TPSA) is 72.5 Å². The second-order valence-corrected chi connectivity index (χ2v) is 5.89. The van der Waals surface area contributed by atoms with Gasteiger partial charge in [0.25, 0.3) is 11.1 Å². The Morgan fingerprint density at radius 2 is 2.11 bits per heavy atom. The Hall–Kier alpha value is -1.08. The summed E-state index contributed by atoms with van der Waals surface area (Å²) in [6, 6.07) is 0.196. The van der Waals surface area contributed by atoms with Crippen LogP contribution >= 0.6 is 11.8 Å². The molecule has 0 aliphatic carbocycles. The molecule has 0 radical (unpaired) electrons. The van der Waals surface area contributed by atoms with Crippen molar-refractivity contribution >= 4 is 17.7 Å². The van der Waals surface area contributed by atoms with Gasteiger partial charge >= 0.3 is 0 Å². The molecule has 0 aromatic carbocycles. The fourth-order valence-electron chi connectivity index (χ4n) is 1.76. The molecule has 0 fully saturated rings. The first-order valence-electron chi connectivity index (χ1n) is 6.57. The number of thioether (sulfide) groups is 1. The Kier molecular flexibility index (Phi) is 6.30. The molecule has 1 aromatic heterocycles. The number of amides is 1. The van der Waals surface area contributed by atoms with Crippen molar-refractivity contribution in [2.24, 2.45) is 0 Å². The summed E-state index contributed by atoms with van der Waals surface area (Å²) in [7, 11) is 4.12. The Labute approximate surface area is 118 Å². The highest BCUT2D eigenvalue weighted by atomic mass is 32.2. The summed E-state index contributed by atoms with van der Waals surface area (Å²) in [5.41, 5.74) is 0. The number of quaternary nitrogens is 1. The molecule has 108 valence electrons. The number of nitrogens with one attached hydrogen (secondary N) is 2. The molecule has 2 N–H and O–H groups in total. The largest absolute Gasteiger partial charge is 0.410 e. The van der Waals surface area contributed by atoms with Crippen LogP contribution < -0.4 is 10.2 Å². The standard InChI is InChI=1S/C12H22N4O2S/c1-6-9(16(4)5)11-14-15-12(18-11)19-8(3)10(17)13-7-2/h8-9H,6-7H2,1-5H3,(H,13,17)/p+1/t8-,9-/m1/s1. The molecule has 6 nitrogen and oxygen atoms in total. The van der Waals surface area contributed by atoms with Crippen LogP contribution in [0.3, 0.4) is 0 Å². The van der Waals surface area contributed by atoms with Crippen molar-refractivity contribution in [2.75, 3.05) is 20.6 Å². The molecule has 0 aliphatic heterocycles. The van der Waals surface area contributed by atoms with Crippen molar-refractivity contribution in [1.82, 2.24) is 15.5 Å². The Morgan fingerprint density at radius 1 is 1.42 bits per heavy atom. The van der Waals surface area contributed by atoms with E-state index in [0.29, 0.717) is 17.7 Å². The molecule has 1 heterocycles. The Morgan fingerprint density at radius 3 is 2.63 bits per heavy atom. The van der Waals surface area contributed by atoms with Gasteiger partial charge in [0, 0.05) is 13.0 Å². The first-order valence-corrected chi connectivity index (χ1v) is 7.45. The smallest absolute Gasteiger partial charge is 0.277 e. The van der Waals surface area contributed by atoms with Gasteiger partial charge in [-0.15, -0.1) is 10.2 Å². The average molecular weight is 287 g/mol. The number of nitrogens with zero attached hydrogens (tertiary/aromatic N) is 2. The molecule has 1 amide bonds. The summed E-state index contributed by atoms with van der Waals surface area (Å²) < 4.78 is 5.64. The lowest BCUT2D eigenvalue weighted by atomic mass is 10.2. The third-order valence-electron chi connectivity index (χ3n) is 2.82. The van der Waals surface area contributed by atoms with E-state index in [0.717, 1.165) is 6.42 Å². The quantitative estimate of drug-likeness (QED) is 0.705. The summed E-state index contributed by atoms with van der Waals surface area (Å²) in [6.45, 7) is 6.44. The van der Waals surface area contributed by atoms with E-state index in [4.69, 9.17) is 4.42 Å². The molecular weight excluding hydrogens is 264 g/mol. The minimum atomic E-state index is -0.236. The average Bonchev–Trinajstić information content (AvgIpc) is 2.78. The van der Waals surface area contributed by atoms with Gasteiger partial charge in [-0.05, 0) is 13.8 Å². The number of rotatable bonds is 7. The molecular formula is C12H23N4O2S+. The molecule has 19 heavy (non-hydrogen) atoms. The van der Waals surface area contributed by atoms with Gasteiger partial charge < -0.3 is 14.6 Å². The normalized spacial score (nSPS) is 14.4. The molecule has 7 heteroatoms. The fourth-order valence-corrected chi connectivity index (χ4v) is 2.48. The zero-order valence-electron chi connectivity index (χ0n) is 12.2. The van der Waals surface area contributed by atoms with Crippen molar-refractivity contribution in [3.8, 4) is 0 Å². The van der Waals surface area contributed by atoms with Gasteiger partial charge in [0.2, 0.25) is 5.91 Å². The number of hydrogen-bond acceptors (Lipinski definition) is 5. The van der Waals surface area contributed by atoms with E-state index in [1.54, 1.807) is 0 Å². The zero-order chi connectivity index (χ0) is 14.4. The van der Waals surface area contributed by atoms with Crippen LogP contribution in [-0.2, 0) is 4.79 Å². The highest BCUT2D eigenvalue weighted by Crippen LogP contribution is 2.23. The van der Waals surface area contributed by atoms with Gasteiger partial charge in [-0.2, -0.15) is 0 Å². The van der Waals surface area contributed by atoms with Crippen LogP contribution in [0.2, 0.25) is 0 Å². The summed E-state index contributed by atoms with van der Waals surface area (Å²) in [4.78, 5) is 12.9. The van der Waals surface area contributed by atoms with Crippen molar-refractivity contribution in [3.05, 3.63) is 5.89 Å². The molecule has 1 aromatic rings. The maximum absolute atomic E-state index is 11.6. The minimum absolute atomic E-state index is 0.0162. The summed E-state index contributed by atoms with van der Waals surface area (Å²) in [6.07, 6.45) is 0.931. The SMILES string of the molecule is CCNC(=O)[C@@H](C)Sc1nnc([C@@H](CC)[NH+](C)C)o1. The summed E-state index contributed by atoms with van der Waals surface area (Å²) >= 11 is 1.29. The van der Waals surface area contributed by atoms with Crippen LogP contribution in [0.15, 0.2) is 9.64 Å². The maximum Gasteiger partial charge on any atom is 0.277 e. The van der Waals surface area contributed by atoms with Crippen molar-refractivity contribution in [1.29, 1.82) is 0 Å². The minimum Gasteiger partial charge on any atom is -0.410 e. The summed E-state index contributed by atoms with van der Waals surface area (Å²) in [5.74, 6) is 0.616. The predicted molar refractivity (Wildman–Crippen MR) is 74.1 cm³/mol. The van der Waals surface area contributed by atoms with Crippen molar-refractivity contribution in [2.45, 2.75) is 43.7 Å². The van der Waals surface area contributed by atoms with E-state index in [-0.39, 0.29) is 17.2 Å². The molecule has 0 unspecified atom stereocenters. The van der Waals surface area contributed by atoms with E-state index in [1.165, 1.54) is 16.7 Å². The van der Waals surface area contributed by atoms with Crippen LogP contribution in [0.5, 0.6) is 0 Å². The molecule has 0 spiro atoms. The van der Waals surface area contributed by atoms with Crippen LogP contribution in [0.1, 0.15) is 39.1 Å². The first-order chi connectivity index (χ1) is 8.99. The first kappa shape index (κ1) is 16.0. The fraction of sp³-hybridized carbons (Fsp3) is 0.750. The Balaban J connectivity index is 2.67. The van der Waals surface area contributed by atoms with E-state index in [1.807, 2.05) is 13.8 Å². The molecule has 0 aliphatic rings. The highest BCUT2D eigenvalue weighted by molar-refractivity contribution is 8.00. The van der Waals surface area contributed by atoms with Crippen LogP contribution in [0, 0.1) is 0 Å². The number of hydrogen-bond donors (Lipinski definition) is 2. The third kappa shape index (κ3) is 4.50. The second kappa shape index (κ2) is 7.49. The molecule has 0 saturated heterocycles. The second-order valence-electron chi connectivity index (χ2n) is 4.60. The van der Waals surface area contributed by atoms with Gasteiger partial charge in [-0.3, -0.25) is 4.79 Å². The van der Waals surface area contributed by atoms with Crippen molar-refractivity contribution < 1.29 is 14.1 Å². The number of aromatic nitrogens is 2. The van der Waals surface area contributed by atoms with E-state index >= 15 is 0 Å². The molecule has 1 rings (SSSR count). The lowest BCUT2D eigenvalue weighted by Gasteiger charge is -2.15. The molecule has 0 saturated carbocycles. The van der Waals surface area contributed by atoms with E-state index < -0.39 is 0 Å². The number of carbonyl (C=O) groups is 1. The van der Waals surface area contributed by atoms with Gasteiger partial charge in [-0.1, -0.05) is 18.7 Å². The van der Waals surface area contributed by atoms with Gasteiger partial charge in [0.1, 0.15) is 0 Å². The maximum atomic E-state index is 11.6. The van der Waals surface area contributed by atoms with E-state index in [2.05, 4.69) is 36.5 Å². The summed E-state index contributed by atoms with van der Waals surface area (Å²) in [5, 5.41) is 11.1. The van der Waals surface area contributed by atoms with Crippen molar-refractivity contribution in [3.63, 3.8) is 0 Å². The Bertz CT molecular complexity index is 408. The predicted octanol–water partition coefficient (Wildman–Crippen LogP) is 0.282. The monoisotopic (exact) mass is 287 g/mol. The van der Waals surface area contributed by atoms with Crippen LogP contribution in [0.4, 0.5) is 0 Å². The highest BCUT2D eigenvalue weighted by Gasteiger charge is 2.24. The lowest BCUT2D eigenvalue weighted by Crippen LogP contribution is -3.06. The van der Waals surface area contributed by atoms with E-state index in [9.17, 15) is 4.79 Å².